The molecule has 9 heteroatoms. The number of benzene rings is 1. The summed E-state index contributed by atoms with van der Waals surface area (Å²) in [6.45, 7) is 2.14. The molecule has 23 heavy (non-hydrogen) atoms. The van der Waals surface area contributed by atoms with Crippen LogP contribution in [-0.4, -0.2) is 44.9 Å². The molecule has 126 valence electrons. The Balaban J connectivity index is 1.83. The molecule has 2 heterocycles. The van der Waals surface area contributed by atoms with E-state index in [1.165, 1.54) is 4.31 Å². The third kappa shape index (κ3) is 3.54. The van der Waals surface area contributed by atoms with Gasteiger partial charge >= 0.3 is 16.2 Å². The van der Waals surface area contributed by atoms with E-state index in [0.29, 0.717) is 36.9 Å². The predicted molar refractivity (Wildman–Crippen MR) is 90.2 cm³/mol. The number of hydrogen-bond acceptors (Lipinski definition) is 3. The van der Waals surface area contributed by atoms with Crippen LogP contribution >= 0.6 is 11.6 Å². The van der Waals surface area contributed by atoms with Crippen molar-refractivity contribution < 1.29 is 13.2 Å². The van der Waals surface area contributed by atoms with Crippen molar-refractivity contribution in [1.82, 2.24) is 9.62 Å². The zero-order valence-electron chi connectivity index (χ0n) is 12.6. The summed E-state index contributed by atoms with van der Waals surface area (Å²) in [5.74, 6) is 0. The zero-order valence-corrected chi connectivity index (χ0v) is 14.2. The minimum absolute atomic E-state index is 0.197. The normalized spacial score (nSPS) is 19.7. The molecule has 2 fully saturated rings. The summed E-state index contributed by atoms with van der Waals surface area (Å²) >= 11 is 6.12. The highest BCUT2D eigenvalue weighted by atomic mass is 35.5. The van der Waals surface area contributed by atoms with Crippen LogP contribution < -0.4 is 14.9 Å². The maximum Gasteiger partial charge on any atom is 0.321 e. The molecular weight excluding hydrogens is 340 g/mol. The van der Waals surface area contributed by atoms with Crippen LogP contribution in [-0.2, 0) is 10.2 Å². The van der Waals surface area contributed by atoms with E-state index in [9.17, 15) is 13.2 Å². The number of amides is 2. The number of nitrogens with zero attached hydrogens (tertiary/aromatic N) is 2. The number of carbonyl (C=O) groups is 1. The van der Waals surface area contributed by atoms with Gasteiger partial charge in [0, 0.05) is 31.9 Å². The Hall–Kier alpha value is -1.51. The number of anilines is 2. The molecule has 0 bridgehead atoms. The maximum atomic E-state index is 12.5. The second-order valence-corrected chi connectivity index (χ2v) is 7.69. The van der Waals surface area contributed by atoms with E-state index in [1.807, 2.05) is 0 Å². The van der Waals surface area contributed by atoms with Crippen molar-refractivity contribution in [2.24, 2.45) is 0 Å². The predicted octanol–water partition coefficient (Wildman–Crippen LogP) is 2.01. The number of urea groups is 1. The lowest BCUT2D eigenvalue weighted by atomic mass is 10.2. The van der Waals surface area contributed by atoms with Gasteiger partial charge in [-0.1, -0.05) is 18.0 Å². The average molecular weight is 359 g/mol. The fourth-order valence-electron chi connectivity index (χ4n) is 2.79. The summed E-state index contributed by atoms with van der Waals surface area (Å²) in [6, 6.07) is 4.69. The quantitative estimate of drug-likeness (QED) is 0.863. The number of nitrogens with one attached hydrogen (secondary N) is 2. The van der Waals surface area contributed by atoms with Gasteiger partial charge in [-0.2, -0.15) is 12.7 Å². The van der Waals surface area contributed by atoms with Crippen LogP contribution in [0, 0.1) is 0 Å². The number of halogens is 1. The second-order valence-electron chi connectivity index (χ2n) is 5.61. The monoisotopic (exact) mass is 358 g/mol. The minimum atomic E-state index is -3.63. The first kappa shape index (κ1) is 16.4. The summed E-state index contributed by atoms with van der Waals surface area (Å²) in [5, 5.41) is 3.01. The van der Waals surface area contributed by atoms with E-state index >= 15 is 0 Å². The molecule has 2 N–H and O–H groups in total. The van der Waals surface area contributed by atoms with Crippen molar-refractivity contribution in [3.63, 3.8) is 0 Å². The third-order valence-corrected chi connectivity index (χ3v) is 5.86. The Morgan fingerprint density at radius 1 is 1.13 bits per heavy atom. The van der Waals surface area contributed by atoms with Crippen LogP contribution in [0.3, 0.4) is 0 Å². The van der Waals surface area contributed by atoms with Gasteiger partial charge in [0.1, 0.15) is 0 Å². The lowest BCUT2D eigenvalue weighted by Crippen LogP contribution is -2.39. The minimum Gasteiger partial charge on any atom is -0.336 e. The Kier molecular flexibility index (Phi) is 4.65. The molecule has 2 amide bonds. The topological polar surface area (TPSA) is 81.8 Å². The first-order valence-corrected chi connectivity index (χ1v) is 9.42. The first-order valence-electron chi connectivity index (χ1n) is 7.60. The fraction of sp³-hybridized carbons (Fsp3) is 0.500. The van der Waals surface area contributed by atoms with Crippen molar-refractivity contribution >= 4 is 39.2 Å². The first-order chi connectivity index (χ1) is 11.0. The largest absolute Gasteiger partial charge is 0.336 e. The van der Waals surface area contributed by atoms with Gasteiger partial charge in [-0.15, -0.1) is 0 Å². The molecule has 7 nitrogen and oxygen atoms in total. The Bertz CT molecular complexity index is 704. The van der Waals surface area contributed by atoms with Gasteiger partial charge in [-0.25, -0.2) is 4.79 Å². The van der Waals surface area contributed by atoms with Crippen LogP contribution in [0.1, 0.15) is 19.3 Å². The van der Waals surface area contributed by atoms with Gasteiger partial charge in [0.15, 0.2) is 0 Å². The summed E-state index contributed by atoms with van der Waals surface area (Å²) in [5.41, 5.74) is 0.898. The molecule has 3 rings (SSSR count). The Labute approximate surface area is 140 Å². The van der Waals surface area contributed by atoms with Gasteiger partial charge in [0.25, 0.3) is 0 Å². The van der Waals surface area contributed by atoms with Crippen molar-refractivity contribution in [2.75, 3.05) is 35.8 Å². The lowest BCUT2D eigenvalue weighted by molar-refractivity contribution is 0.252. The SMILES string of the molecule is O=C1NCCN1c1ccc(Cl)c(NS(=O)(=O)N2CCCCC2)c1. The third-order valence-electron chi connectivity index (χ3n) is 4.01. The van der Waals surface area contributed by atoms with Crippen LogP contribution in [0.15, 0.2) is 18.2 Å². The van der Waals surface area contributed by atoms with Gasteiger partial charge < -0.3 is 5.32 Å². The molecule has 1 aromatic rings. The van der Waals surface area contributed by atoms with Gasteiger partial charge in [-0.05, 0) is 31.0 Å². The fourth-order valence-corrected chi connectivity index (χ4v) is 4.32. The van der Waals surface area contributed by atoms with E-state index < -0.39 is 10.2 Å². The molecule has 0 aliphatic carbocycles. The number of hydrogen-bond donors (Lipinski definition) is 2. The van der Waals surface area contributed by atoms with Crippen LogP contribution in [0.2, 0.25) is 5.02 Å². The van der Waals surface area contributed by atoms with E-state index in [0.717, 1.165) is 19.3 Å². The molecule has 0 saturated carbocycles. The molecule has 0 spiro atoms. The zero-order chi connectivity index (χ0) is 16.4. The van der Waals surface area contributed by atoms with E-state index in [2.05, 4.69) is 10.0 Å². The van der Waals surface area contributed by atoms with Crippen molar-refractivity contribution in [3.05, 3.63) is 23.2 Å². The average Bonchev–Trinajstić information content (AvgIpc) is 2.96. The molecule has 2 saturated heterocycles. The van der Waals surface area contributed by atoms with Gasteiger partial charge in [0.05, 0.1) is 10.7 Å². The second kappa shape index (κ2) is 6.54. The number of piperidine rings is 1. The van der Waals surface area contributed by atoms with Crippen LogP contribution in [0.4, 0.5) is 16.2 Å². The number of rotatable bonds is 4. The molecule has 0 unspecified atom stereocenters. The molecule has 0 aromatic heterocycles. The van der Waals surface area contributed by atoms with Crippen LogP contribution in [0.25, 0.3) is 0 Å². The van der Waals surface area contributed by atoms with Gasteiger partial charge in [0.2, 0.25) is 0 Å². The lowest BCUT2D eigenvalue weighted by Gasteiger charge is -2.26. The Morgan fingerprint density at radius 3 is 2.52 bits per heavy atom. The highest BCUT2D eigenvalue weighted by Crippen LogP contribution is 2.30. The molecule has 0 radical (unpaired) electrons. The highest BCUT2D eigenvalue weighted by molar-refractivity contribution is 7.90. The van der Waals surface area contributed by atoms with Gasteiger partial charge in [-0.3, -0.25) is 9.62 Å². The Morgan fingerprint density at radius 2 is 1.87 bits per heavy atom. The molecule has 0 atom stereocenters. The van der Waals surface area contributed by atoms with Crippen molar-refractivity contribution in [1.29, 1.82) is 0 Å². The van der Waals surface area contributed by atoms with E-state index in [4.69, 9.17) is 11.6 Å². The van der Waals surface area contributed by atoms with Crippen molar-refractivity contribution in [3.8, 4) is 0 Å². The maximum absolute atomic E-state index is 12.5. The van der Waals surface area contributed by atoms with E-state index in [1.54, 1.807) is 23.1 Å². The highest BCUT2D eigenvalue weighted by Gasteiger charge is 2.26. The summed E-state index contributed by atoms with van der Waals surface area (Å²) in [6.07, 6.45) is 2.78. The van der Waals surface area contributed by atoms with E-state index in [-0.39, 0.29) is 11.7 Å². The summed E-state index contributed by atoms with van der Waals surface area (Å²) < 4.78 is 28.9. The molecule has 1 aromatic carbocycles. The van der Waals surface area contributed by atoms with Crippen LogP contribution in [0.5, 0.6) is 0 Å². The summed E-state index contributed by atoms with van der Waals surface area (Å²) in [7, 11) is -3.63. The molecule has 2 aliphatic rings. The number of carbonyl (C=O) groups excluding carboxylic acids is 1. The molecular formula is C14H19ClN4O3S. The summed E-state index contributed by atoms with van der Waals surface area (Å²) in [4.78, 5) is 13.3. The smallest absolute Gasteiger partial charge is 0.321 e. The standard InChI is InChI=1S/C14H19ClN4O3S/c15-12-5-4-11(19-9-6-16-14(19)20)10-13(12)17-23(21,22)18-7-2-1-3-8-18/h4-5,10,17H,1-3,6-9H2,(H,16,20). The molecule has 2 aliphatic heterocycles. The van der Waals surface area contributed by atoms with Crippen molar-refractivity contribution in [2.45, 2.75) is 19.3 Å².